The number of piperazine rings is 1. The van der Waals surface area contributed by atoms with Crippen molar-refractivity contribution in [2.45, 2.75) is 37.1 Å². The van der Waals surface area contributed by atoms with Crippen LogP contribution in [0.5, 0.6) is 0 Å². The number of nitrogens with one attached hydrogen (secondary N) is 1. The second-order valence-electron chi connectivity index (χ2n) is 8.54. The van der Waals surface area contributed by atoms with Crippen LogP contribution < -0.4 is 4.72 Å². The number of hydrogen-bond acceptors (Lipinski definition) is 5. The average molecular weight is 422 g/mol. The van der Waals surface area contributed by atoms with Crippen LogP contribution in [-0.2, 0) is 15.4 Å². The van der Waals surface area contributed by atoms with E-state index in [9.17, 15) is 8.42 Å². The van der Waals surface area contributed by atoms with Gasteiger partial charge in [0.2, 0.25) is 10.0 Å². The maximum atomic E-state index is 12.9. The van der Waals surface area contributed by atoms with Crippen molar-refractivity contribution in [1.29, 1.82) is 0 Å². The molecule has 1 aliphatic heterocycles. The zero-order chi connectivity index (χ0) is 20.4. The van der Waals surface area contributed by atoms with Gasteiger partial charge in [0.1, 0.15) is 0 Å². The normalized spacial score (nSPS) is 18.3. The maximum absolute atomic E-state index is 12.9. The van der Waals surface area contributed by atoms with Crippen LogP contribution in [0.3, 0.4) is 0 Å². The summed E-state index contributed by atoms with van der Waals surface area (Å²) in [6.45, 7) is 10.6. The van der Waals surface area contributed by atoms with Gasteiger partial charge in [-0.1, -0.05) is 32.9 Å². The molecule has 1 saturated heterocycles. The number of thiophene rings is 1. The average Bonchev–Trinajstić information content (AvgIpc) is 3.17. The highest BCUT2D eigenvalue weighted by Gasteiger charge is 2.26. The minimum Gasteiger partial charge on any atom is -0.304 e. The third-order valence-corrected chi connectivity index (χ3v) is 7.54. The highest BCUT2D eigenvalue weighted by molar-refractivity contribution is 7.89. The predicted octanol–water partition coefficient (Wildman–Crippen LogP) is 3.31. The Morgan fingerprint density at radius 3 is 2.25 bits per heavy atom. The van der Waals surface area contributed by atoms with Gasteiger partial charge in [0.15, 0.2) is 0 Å². The number of rotatable bonds is 6. The summed E-state index contributed by atoms with van der Waals surface area (Å²) in [5.41, 5.74) is 2.31. The molecular weight excluding hydrogens is 390 g/mol. The first-order valence-corrected chi connectivity index (χ1v) is 12.1. The van der Waals surface area contributed by atoms with E-state index in [0.717, 1.165) is 31.7 Å². The molecule has 2 heterocycles. The van der Waals surface area contributed by atoms with Crippen LogP contribution in [0, 0.1) is 0 Å². The van der Waals surface area contributed by atoms with Gasteiger partial charge in [-0.05, 0) is 52.5 Å². The monoisotopic (exact) mass is 421 g/mol. The maximum Gasteiger partial charge on any atom is 0.240 e. The first-order valence-electron chi connectivity index (χ1n) is 9.72. The van der Waals surface area contributed by atoms with Crippen molar-refractivity contribution in [3.8, 4) is 0 Å². The van der Waals surface area contributed by atoms with Gasteiger partial charge in [0.25, 0.3) is 0 Å². The van der Waals surface area contributed by atoms with Crippen LogP contribution >= 0.6 is 11.3 Å². The standard InChI is InChI=1S/C21H31N3O2S2/c1-21(2,3)18-5-7-19(8-6-18)28(25,26)22-15-20(17-9-14-27-16-17)24-12-10-23(4)11-13-24/h5-9,14,16,20,22H,10-13,15H2,1-4H3. The summed E-state index contributed by atoms with van der Waals surface area (Å²) in [6.07, 6.45) is 0. The molecule has 1 atom stereocenters. The fourth-order valence-electron chi connectivity index (χ4n) is 3.46. The summed E-state index contributed by atoms with van der Waals surface area (Å²) < 4.78 is 28.6. The molecule has 154 valence electrons. The molecule has 0 radical (unpaired) electrons. The molecule has 1 N–H and O–H groups in total. The van der Waals surface area contributed by atoms with Gasteiger partial charge in [-0.2, -0.15) is 11.3 Å². The lowest BCUT2D eigenvalue weighted by atomic mass is 9.87. The van der Waals surface area contributed by atoms with E-state index in [4.69, 9.17) is 0 Å². The summed E-state index contributed by atoms with van der Waals surface area (Å²) in [4.78, 5) is 5.01. The molecule has 0 aliphatic carbocycles. The van der Waals surface area contributed by atoms with E-state index in [1.807, 2.05) is 12.1 Å². The van der Waals surface area contributed by atoms with Gasteiger partial charge >= 0.3 is 0 Å². The number of nitrogens with zero attached hydrogens (tertiary/aromatic N) is 2. The smallest absolute Gasteiger partial charge is 0.240 e. The Hall–Kier alpha value is -1.25. The highest BCUT2D eigenvalue weighted by Crippen LogP contribution is 2.26. The Morgan fingerprint density at radius 2 is 1.71 bits per heavy atom. The molecule has 0 spiro atoms. The Labute approximate surface area is 173 Å². The summed E-state index contributed by atoms with van der Waals surface area (Å²) in [7, 11) is -1.42. The van der Waals surface area contributed by atoms with E-state index in [1.165, 1.54) is 5.56 Å². The second kappa shape index (κ2) is 8.63. The van der Waals surface area contributed by atoms with E-state index < -0.39 is 10.0 Å². The van der Waals surface area contributed by atoms with E-state index in [0.29, 0.717) is 11.4 Å². The highest BCUT2D eigenvalue weighted by atomic mass is 32.2. The lowest BCUT2D eigenvalue weighted by Gasteiger charge is -2.37. The van der Waals surface area contributed by atoms with Crippen molar-refractivity contribution in [2.75, 3.05) is 39.8 Å². The van der Waals surface area contributed by atoms with Crippen LogP contribution in [-0.4, -0.2) is 58.0 Å². The zero-order valence-corrected chi connectivity index (χ0v) is 18.8. The quantitative estimate of drug-likeness (QED) is 0.777. The van der Waals surface area contributed by atoms with Gasteiger partial charge in [-0.25, -0.2) is 13.1 Å². The van der Waals surface area contributed by atoms with Crippen LogP contribution in [0.15, 0.2) is 46.0 Å². The van der Waals surface area contributed by atoms with Crippen molar-refractivity contribution < 1.29 is 8.42 Å². The van der Waals surface area contributed by atoms with Crippen molar-refractivity contribution >= 4 is 21.4 Å². The third kappa shape index (κ3) is 5.21. The van der Waals surface area contributed by atoms with Crippen LogP contribution in [0.1, 0.15) is 37.9 Å². The largest absolute Gasteiger partial charge is 0.304 e. The molecule has 0 saturated carbocycles. The lowest BCUT2D eigenvalue weighted by molar-refractivity contribution is 0.113. The molecule has 1 unspecified atom stereocenters. The molecule has 28 heavy (non-hydrogen) atoms. The van der Waals surface area contributed by atoms with Crippen molar-refractivity contribution in [3.63, 3.8) is 0 Å². The number of hydrogen-bond donors (Lipinski definition) is 1. The third-order valence-electron chi connectivity index (χ3n) is 5.40. The van der Waals surface area contributed by atoms with Crippen molar-refractivity contribution in [3.05, 3.63) is 52.2 Å². The molecule has 1 aromatic carbocycles. The molecule has 1 aliphatic rings. The Balaban J connectivity index is 1.73. The molecule has 1 fully saturated rings. The van der Waals surface area contributed by atoms with Crippen molar-refractivity contribution in [2.24, 2.45) is 0 Å². The summed E-state index contributed by atoms with van der Waals surface area (Å²) in [5, 5.41) is 4.17. The molecule has 5 nitrogen and oxygen atoms in total. The van der Waals surface area contributed by atoms with E-state index in [-0.39, 0.29) is 11.5 Å². The van der Waals surface area contributed by atoms with Crippen molar-refractivity contribution in [1.82, 2.24) is 14.5 Å². The van der Waals surface area contributed by atoms with Crippen LogP contribution in [0.2, 0.25) is 0 Å². The van der Waals surface area contributed by atoms with Gasteiger partial charge in [-0.3, -0.25) is 4.90 Å². The molecule has 1 aromatic heterocycles. The summed E-state index contributed by atoms with van der Waals surface area (Å²) in [5.74, 6) is 0. The Morgan fingerprint density at radius 1 is 1.07 bits per heavy atom. The predicted molar refractivity (Wildman–Crippen MR) is 116 cm³/mol. The zero-order valence-electron chi connectivity index (χ0n) is 17.2. The number of sulfonamides is 1. The molecule has 0 bridgehead atoms. The molecule has 7 heteroatoms. The lowest BCUT2D eigenvalue weighted by Crippen LogP contribution is -2.48. The second-order valence-corrected chi connectivity index (χ2v) is 11.1. The molecule has 3 rings (SSSR count). The first kappa shape index (κ1) is 21.5. The minimum absolute atomic E-state index is 0.00118. The molecule has 0 amide bonds. The van der Waals surface area contributed by atoms with E-state index in [2.05, 4.69) is 59.2 Å². The topological polar surface area (TPSA) is 52.6 Å². The van der Waals surface area contributed by atoms with E-state index >= 15 is 0 Å². The summed E-state index contributed by atoms with van der Waals surface area (Å²) >= 11 is 1.65. The number of benzene rings is 1. The van der Waals surface area contributed by atoms with Crippen LogP contribution in [0.25, 0.3) is 0 Å². The SMILES string of the molecule is CN1CCN(C(CNS(=O)(=O)c2ccc(C(C)(C)C)cc2)c2ccsc2)CC1. The Kier molecular flexibility index (Phi) is 6.61. The van der Waals surface area contributed by atoms with Gasteiger partial charge < -0.3 is 4.90 Å². The fourth-order valence-corrected chi connectivity index (χ4v) is 5.21. The Bertz CT molecular complexity index is 848. The minimum atomic E-state index is -3.54. The van der Waals surface area contributed by atoms with Crippen LogP contribution in [0.4, 0.5) is 0 Å². The van der Waals surface area contributed by atoms with Gasteiger partial charge in [-0.15, -0.1) is 0 Å². The molecular formula is C21H31N3O2S2. The first-order chi connectivity index (χ1) is 13.2. The summed E-state index contributed by atoms with van der Waals surface area (Å²) in [6, 6.07) is 9.39. The fraction of sp³-hybridized carbons (Fsp3) is 0.524. The van der Waals surface area contributed by atoms with E-state index in [1.54, 1.807) is 23.5 Å². The van der Waals surface area contributed by atoms with Gasteiger partial charge in [0, 0.05) is 38.8 Å². The van der Waals surface area contributed by atoms with Gasteiger partial charge in [0.05, 0.1) is 4.90 Å². The molecule has 2 aromatic rings. The number of likely N-dealkylation sites (N-methyl/N-ethyl adjacent to an activating group) is 1.